The summed E-state index contributed by atoms with van der Waals surface area (Å²) in [4.78, 5) is 22.2. The number of carbonyl (C=O) groups excluding carboxylic acids is 1. The summed E-state index contributed by atoms with van der Waals surface area (Å²) in [5.74, 6) is -1.78. The quantitative estimate of drug-likeness (QED) is 0.494. The molecule has 0 saturated heterocycles. The van der Waals surface area contributed by atoms with E-state index < -0.39 is 35.0 Å². The number of aliphatic hydroxyl groups is 1. The first-order chi connectivity index (χ1) is 8.84. The lowest BCUT2D eigenvalue weighted by atomic mass is 9.91. The third-order valence-corrected chi connectivity index (χ3v) is 2.54. The molecule has 1 unspecified atom stereocenters. The summed E-state index contributed by atoms with van der Waals surface area (Å²) >= 11 is 0. The number of rotatable bonds is 5. The molecule has 0 aliphatic rings. The Kier molecular flexibility index (Phi) is 4.55. The third kappa shape index (κ3) is 2.87. The van der Waals surface area contributed by atoms with Crippen molar-refractivity contribution in [2.24, 2.45) is 0 Å². The van der Waals surface area contributed by atoms with Crippen molar-refractivity contribution in [3.8, 4) is 0 Å². The number of halogens is 1. The van der Waals surface area contributed by atoms with Crippen LogP contribution in [0.3, 0.4) is 0 Å². The second kappa shape index (κ2) is 5.75. The molecule has 0 saturated carbocycles. The zero-order valence-electron chi connectivity index (χ0n) is 10.5. The Balaban J connectivity index is 3.30. The second-order valence-corrected chi connectivity index (χ2v) is 4.24. The zero-order chi connectivity index (χ0) is 14.6. The van der Waals surface area contributed by atoms with Crippen LogP contribution < -0.4 is 0 Å². The Morgan fingerprint density at radius 2 is 2.00 bits per heavy atom. The van der Waals surface area contributed by atoms with Crippen molar-refractivity contribution in [1.29, 1.82) is 0 Å². The largest absolute Gasteiger partial charge is 0.457 e. The summed E-state index contributed by atoms with van der Waals surface area (Å²) in [6.07, 6.45) is -0.571. The molecule has 0 heterocycles. The molecule has 6 nitrogen and oxygen atoms in total. The van der Waals surface area contributed by atoms with Crippen LogP contribution in [-0.4, -0.2) is 28.7 Å². The monoisotopic (exact) mass is 271 g/mol. The van der Waals surface area contributed by atoms with E-state index in [1.165, 1.54) is 13.8 Å². The highest BCUT2D eigenvalue weighted by Gasteiger charge is 2.54. The van der Waals surface area contributed by atoms with E-state index >= 15 is 0 Å². The van der Waals surface area contributed by atoms with E-state index in [0.717, 1.165) is 24.3 Å². The molecule has 7 heteroatoms. The molecule has 0 aromatic heterocycles. The second-order valence-electron chi connectivity index (χ2n) is 4.24. The van der Waals surface area contributed by atoms with Crippen LogP contribution >= 0.6 is 0 Å². The number of ether oxygens (including phenoxy) is 1. The van der Waals surface area contributed by atoms with E-state index in [1.807, 2.05) is 0 Å². The molecule has 1 N–H and O–H groups in total. The van der Waals surface area contributed by atoms with Gasteiger partial charge in [-0.15, -0.1) is 0 Å². The van der Waals surface area contributed by atoms with Crippen LogP contribution in [0.5, 0.6) is 0 Å². The highest BCUT2D eigenvalue weighted by molar-refractivity contribution is 5.81. The Morgan fingerprint density at radius 1 is 1.47 bits per heavy atom. The van der Waals surface area contributed by atoms with Crippen molar-refractivity contribution in [2.75, 3.05) is 6.61 Å². The molecule has 1 aromatic carbocycles. The minimum absolute atomic E-state index is 0.132. The zero-order valence-corrected chi connectivity index (χ0v) is 10.5. The number of esters is 1. The molecular formula is C12H14FNO5. The van der Waals surface area contributed by atoms with E-state index in [2.05, 4.69) is 0 Å². The first-order valence-electron chi connectivity index (χ1n) is 5.57. The van der Waals surface area contributed by atoms with Gasteiger partial charge in [0.15, 0.2) is 0 Å². The summed E-state index contributed by atoms with van der Waals surface area (Å²) < 4.78 is 17.7. The number of hydrogen-bond acceptors (Lipinski definition) is 5. The normalized spacial score (nSPS) is 13.9. The van der Waals surface area contributed by atoms with Gasteiger partial charge in [0.2, 0.25) is 0 Å². The molecular weight excluding hydrogens is 257 g/mol. The van der Waals surface area contributed by atoms with Crippen molar-refractivity contribution in [2.45, 2.75) is 25.5 Å². The summed E-state index contributed by atoms with van der Waals surface area (Å²) in [7, 11) is 0. The van der Waals surface area contributed by atoms with Crippen molar-refractivity contribution < 1.29 is 24.0 Å². The number of aliphatic hydroxyl groups excluding tert-OH is 1. The molecule has 0 aliphatic heterocycles. The minimum atomic E-state index is -2.43. The molecule has 0 spiro atoms. The van der Waals surface area contributed by atoms with Crippen molar-refractivity contribution in [3.05, 3.63) is 45.8 Å². The fraction of sp³-hybridized carbons (Fsp3) is 0.417. The highest BCUT2D eigenvalue weighted by atomic mass is 19.1. The predicted octanol–water partition coefficient (Wildman–Crippen LogP) is 1.24. The van der Waals surface area contributed by atoms with E-state index in [0.29, 0.717) is 0 Å². The first kappa shape index (κ1) is 15.0. The Morgan fingerprint density at radius 3 is 2.37 bits per heavy atom. The lowest BCUT2D eigenvalue weighted by Gasteiger charge is -2.22. The molecule has 104 valence electrons. The van der Waals surface area contributed by atoms with E-state index in [9.17, 15) is 24.4 Å². The van der Waals surface area contributed by atoms with Gasteiger partial charge in [0, 0.05) is 10.5 Å². The van der Waals surface area contributed by atoms with Crippen molar-refractivity contribution in [1.82, 2.24) is 0 Å². The Hall–Kier alpha value is -2.02. The number of carbonyl (C=O) groups is 1. The van der Waals surface area contributed by atoms with Gasteiger partial charge in [-0.3, -0.25) is 10.1 Å². The maximum atomic E-state index is 12.8. The van der Waals surface area contributed by atoms with E-state index in [-0.39, 0.29) is 5.56 Å². The van der Waals surface area contributed by atoms with Crippen LogP contribution in [-0.2, 0) is 15.1 Å². The van der Waals surface area contributed by atoms with Gasteiger partial charge in [-0.05, 0) is 38.1 Å². The van der Waals surface area contributed by atoms with E-state index in [1.54, 1.807) is 0 Å². The lowest BCUT2D eigenvalue weighted by Crippen LogP contribution is -2.48. The average Bonchev–Trinajstić information content (AvgIpc) is 2.31. The van der Waals surface area contributed by atoms with Gasteiger partial charge >= 0.3 is 11.5 Å². The summed E-state index contributed by atoms with van der Waals surface area (Å²) in [5.41, 5.74) is -2.56. The van der Waals surface area contributed by atoms with Crippen LogP contribution in [0.2, 0.25) is 0 Å². The van der Waals surface area contributed by atoms with Gasteiger partial charge in [-0.1, -0.05) is 0 Å². The summed E-state index contributed by atoms with van der Waals surface area (Å²) in [5, 5.41) is 20.5. The van der Waals surface area contributed by atoms with Gasteiger partial charge in [0.25, 0.3) is 0 Å². The fourth-order valence-corrected chi connectivity index (χ4v) is 1.55. The van der Waals surface area contributed by atoms with Gasteiger partial charge in [-0.25, -0.2) is 9.18 Å². The molecule has 1 atom stereocenters. The van der Waals surface area contributed by atoms with Gasteiger partial charge in [-0.2, -0.15) is 0 Å². The molecule has 0 fully saturated rings. The van der Waals surface area contributed by atoms with Crippen molar-refractivity contribution in [3.63, 3.8) is 0 Å². The Labute approximate surface area is 109 Å². The molecule has 19 heavy (non-hydrogen) atoms. The van der Waals surface area contributed by atoms with Crippen LogP contribution in [0.1, 0.15) is 19.4 Å². The van der Waals surface area contributed by atoms with E-state index in [4.69, 9.17) is 4.74 Å². The van der Waals surface area contributed by atoms with Crippen LogP contribution in [0.25, 0.3) is 0 Å². The predicted molar refractivity (Wildman–Crippen MR) is 63.4 cm³/mol. The average molecular weight is 271 g/mol. The standard InChI is InChI=1S/C12H14FNO5/c1-8(2)19-11(16)12(7-15,14(17)18)9-3-5-10(13)6-4-9/h3-6,8,15H,7H2,1-2H3. The van der Waals surface area contributed by atoms with Crippen LogP contribution in [0, 0.1) is 15.9 Å². The molecule has 0 aliphatic carbocycles. The number of benzene rings is 1. The number of nitro groups is 1. The Bertz CT molecular complexity index is 474. The molecule has 0 radical (unpaired) electrons. The first-order valence-corrected chi connectivity index (χ1v) is 5.57. The molecule has 0 amide bonds. The highest BCUT2D eigenvalue weighted by Crippen LogP contribution is 2.27. The minimum Gasteiger partial charge on any atom is -0.457 e. The molecule has 0 bridgehead atoms. The smallest absolute Gasteiger partial charge is 0.392 e. The molecule has 1 rings (SSSR count). The topological polar surface area (TPSA) is 89.7 Å². The maximum Gasteiger partial charge on any atom is 0.392 e. The molecule has 1 aromatic rings. The van der Waals surface area contributed by atoms with Gasteiger partial charge in [0.1, 0.15) is 12.4 Å². The number of hydrogen-bond donors (Lipinski definition) is 1. The van der Waals surface area contributed by atoms with Crippen LogP contribution in [0.4, 0.5) is 4.39 Å². The van der Waals surface area contributed by atoms with Crippen LogP contribution in [0.15, 0.2) is 24.3 Å². The maximum absolute atomic E-state index is 12.8. The SMILES string of the molecule is CC(C)OC(=O)C(CO)(c1ccc(F)cc1)[N+](=O)[O-]. The van der Waals surface area contributed by atoms with Gasteiger partial charge < -0.3 is 9.84 Å². The summed E-state index contributed by atoms with van der Waals surface area (Å²) in [6.45, 7) is 1.99. The van der Waals surface area contributed by atoms with Gasteiger partial charge in [0.05, 0.1) is 6.10 Å². The third-order valence-electron chi connectivity index (χ3n) is 2.54. The lowest BCUT2D eigenvalue weighted by molar-refractivity contribution is -0.568. The summed E-state index contributed by atoms with van der Waals surface area (Å²) in [6, 6.07) is 4.11. The number of nitrogens with zero attached hydrogens (tertiary/aromatic N) is 1. The fourth-order valence-electron chi connectivity index (χ4n) is 1.55. The van der Waals surface area contributed by atoms with Crippen molar-refractivity contribution >= 4 is 5.97 Å².